The largest absolute Gasteiger partial charge is 0.341 e. The Kier molecular flexibility index (Phi) is 5.96. The fourth-order valence-corrected chi connectivity index (χ4v) is 5.74. The van der Waals surface area contributed by atoms with Crippen molar-refractivity contribution in [3.63, 3.8) is 0 Å². The summed E-state index contributed by atoms with van der Waals surface area (Å²) in [5, 5.41) is 15.8. The highest BCUT2D eigenvalue weighted by Crippen LogP contribution is 2.49. The van der Waals surface area contributed by atoms with Gasteiger partial charge in [-0.15, -0.1) is 0 Å². The number of carbonyl (C=O) groups excluding carboxylic acids is 3. The number of hydrogen-bond acceptors (Lipinski definition) is 5. The molecule has 0 radical (unpaired) electrons. The highest BCUT2D eigenvalue weighted by Gasteiger charge is 2.56. The molecule has 9 nitrogen and oxygen atoms in total. The van der Waals surface area contributed by atoms with Crippen molar-refractivity contribution < 1.29 is 23.2 Å². The number of halogens is 2. The zero-order chi connectivity index (χ0) is 26.5. The summed E-state index contributed by atoms with van der Waals surface area (Å²) in [6.07, 6.45) is 3.53. The second-order valence-corrected chi connectivity index (χ2v) is 10.3. The van der Waals surface area contributed by atoms with Gasteiger partial charge in [0.2, 0.25) is 0 Å². The third-order valence-electron chi connectivity index (χ3n) is 7.32. The van der Waals surface area contributed by atoms with Crippen LogP contribution in [0.2, 0.25) is 0 Å². The van der Waals surface area contributed by atoms with Gasteiger partial charge in [0.15, 0.2) is 0 Å². The lowest BCUT2D eigenvalue weighted by Crippen LogP contribution is -2.61. The monoisotopic (exact) mass is 510 g/mol. The van der Waals surface area contributed by atoms with E-state index in [0.29, 0.717) is 46.7 Å². The molecule has 1 aliphatic carbocycles. The smallest absolute Gasteiger partial charge is 0.294 e. The van der Waals surface area contributed by atoms with E-state index in [2.05, 4.69) is 26.0 Å². The van der Waals surface area contributed by atoms with Crippen molar-refractivity contribution in [3.05, 3.63) is 64.0 Å². The summed E-state index contributed by atoms with van der Waals surface area (Å²) >= 11 is 0. The number of aromatic amines is 1. The van der Waals surface area contributed by atoms with E-state index >= 15 is 0 Å². The lowest BCUT2D eigenvalue weighted by molar-refractivity contribution is -0.123. The molecule has 2 aliphatic rings. The Labute approximate surface area is 212 Å². The van der Waals surface area contributed by atoms with E-state index in [1.807, 2.05) is 0 Å². The lowest BCUT2D eigenvalue weighted by atomic mass is 9.65. The number of aromatic nitrogens is 4. The lowest BCUT2D eigenvalue weighted by Gasteiger charge is -2.49. The Morgan fingerprint density at radius 1 is 1.16 bits per heavy atom. The van der Waals surface area contributed by atoms with Crippen LogP contribution in [0.25, 0.3) is 0 Å². The maximum Gasteiger partial charge on any atom is 0.294 e. The van der Waals surface area contributed by atoms with Crippen LogP contribution in [0.5, 0.6) is 0 Å². The second-order valence-electron chi connectivity index (χ2n) is 10.3. The molecule has 194 valence electrons. The molecular weight excluding hydrogens is 482 g/mol. The van der Waals surface area contributed by atoms with Crippen LogP contribution in [0.3, 0.4) is 0 Å². The summed E-state index contributed by atoms with van der Waals surface area (Å²) in [6.45, 7) is 5.17. The van der Waals surface area contributed by atoms with Crippen molar-refractivity contribution in [1.82, 2.24) is 25.3 Å². The molecule has 1 fully saturated rings. The molecule has 37 heavy (non-hydrogen) atoms. The second kappa shape index (κ2) is 8.89. The van der Waals surface area contributed by atoms with Crippen molar-refractivity contribution in [2.45, 2.75) is 70.6 Å². The summed E-state index contributed by atoms with van der Waals surface area (Å²) in [5.41, 5.74) is 0.0798. The maximum atomic E-state index is 14.5. The third kappa shape index (κ3) is 4.32. The quantitative estimate of drug-likeness (QED) is 0.345. The molecule has 1 aromatic carbocycles. The molecule has 1 aliphatic heterocycles. The van der Waals surface area contributed by atoms with Crippen molar-refractivity contribution in [2.24, 2.45) is 0 Å². The van der Waals surface area contributed by atoms with E-state index in [1.54, 1.807) is 18.4 Å². The average Bonchev–Trinajstić information content (AvgIpc) is 3.46. The molecule has 0 bridgehead atoms. The minimum atomic E-state index is -1.51. The molecule has 5 rings (SSSR count). The molecular formula is C26H28F2N6O3. The summed E-state index contributed by atoms with van der Waals surface area (Å²) in [7, 11) is 0. The number of amides is 2. The number of Topliss-reactive ketones (excluding diaryl/α,β-unsaturated/α-hetero) is 1. The van der Waals surface area contributed by atoms with Gasteiger partial charge in [0, 0.05) is 30.8 Å². The van der Waals surface area contributed by atoms with Crippen LogP contribution in [-0.4, -0.2) is 43.2 Å². The van der Waals surface area contributed by atoms with Gasteiger partial charge in [-0.05, 0) is 69.4 Å². The number of benzene rings is 1. The topological polar surface area (TPSA) is 122 Å². The predicted octanol–water partition coefficient (Wildman–Crippen LogP) is 3.67. The van der Waals surface area contributed by atoms with Gasteiger partial charge in [-0.1, -0.05) is 0 Å². The summed E-state index contributed by atoms with van der Waals surface area (Å²) < 4.78 is 29.9. The first-order valence-electron chi connectivity index (χ1n) is 12.2. The molecule has 2 amide bonds. The number of aryl methyl sites for hydroxylation is 1. The van der Waals surface area contributed by atoms with Gasteiger partial charge in [-0.2, -0.15) is 15.4 Å². The van der Waals surface area contributed by atoms with E-state index in [1.165, 1.54) is 31.3 Å². The zero-order valence-electron chi connectivity index (χ0n) is 20.9. The SMILES string of the molecule is Cc1cc(NC(=O)c2c(C)c(C(=O)C(=O)NC3(c4cn[nH]n4)CC(C)(F)C3)n3c2CCCC3)ccc1F. The van der Waals surface area contributed by atoms with Gasteiger partial charge in [-0.25, -0.2) is 8.78 Å². The maximum absolute atomic E-state index is 14.5. The van der Waals surface area contributed by atoms with Crippen molar-refractivity contribution in [1.29, 1.82) is 0 Å². The Morgan fingerprint density at radius 2 is 1.92 bits per heavy atom. The van der Waals surface area contributed by atoms with Crippen molar-refractivity contribution in [3.8, 4) is 0 Å². The van der Waals surface area contributed by atoms with Gasteiger partial charge < -0.3 is 15.2 Å². The molecule has 3 aromatic rings. The summed E-state index contributed by atoms with van der Waals surface area (Å²) in [5.74, 6) is -2.50. The van der Waals surface area contributed by atoms with Crippen LogP contribution in [-0.2, 0) is 23.3 Å². The van der Waals surface area contributed by atoms with Crippen molar-refractivity contribution >= 4 is 23.3 Å². The van der Waals surface area contributed by atoms with Gasteiger partial charge in [-0.3, -0.25) is 14.4 Å². The van der Waals surface area contributed by atoms with Gasteiger partial charge in [0.1, 0.15) is 17.2 Å². The van der Waals surface area contributed by atoms with E-state index < -0.39 is 28.8 Å². The number of H-pyrrole nitrogens is 1. The van der Waals surface area contributed by atoms with Gasteiger partial charge >= 0.3 is 0 Å². The van der Waals surface area contributed by atoms with E-state index in [0.717, 1.165) is 12.8 Å². The Hall–Kier alpha value is -3.89. The Balaban J connectivity index is 1.45. The van der Waals surface area contributed by atoms with Crippen LogP contribution in [0, 0.1) is 19.7 Å². The number of nitrogens with zero attached hydrogens (tertiary/aromatic N) is 3. The highest BCUT2D eigenvalue weighted by atomic mass is 19.1. The van der Waals surface area contributed by atoms with E-state index in [9.17, 15) is 23.2 Å². The zero-order valence-corrected chi connectivity index (χ0v) is 20.9. The van der Waals surface area contributed by atoms with Gasteiger partial charge in [0.05, 0.1) is 23.0 Å². The van der Waals surface area contributed by atoms with Crippen LogP contribution in [0.1, 0.15) is 76.0 Å². The number of hydrogen-bond donors (Lipinski definition) is 3. The number of alkyl halides is 1. The standard InChI is InChI=1S/C26H28F2N6O3/c1-14-10-16(7-8-17(14)27)30-23(36)20-15(2)21(34-9-5-4-6-18(20)34)22(35)24(37)31-26(12-25(3,28)13-26)19-11-29-33-32-19/h7-8,10-11H,4-6,9,12-13H2,1-3H3,(H,30,36)(H,31,37)(H,29,32,33). The Morgan fingerprint density at radius 3 is 2.57 bits per heavy atom. The number of carbonyl (C=O) groups is 3. The summed E-state index contributed by atoms with van der Waals surface area (Å²) in [4.78, 5) is 40.1. The molecule has 0 unspecified atom stereocenters. The molecule has 3 N–H and O–H groups in total. The molecule has 0 saturated heterocycles. The number of ketones is 1. The minimum absolute atomic E-state index is 0.0401. The first-order chi connectivity index (χ1) is 17.5. The molecule has 1 saturated carbocycles. The number of anilines is 1. The van der Waals surface area contributed by atoms with Crippen molar-refractivity contribution in [2.75, 3.05) is 5.32 Å². The Bertz CT molecular complexity index is 1400. The van der Waals surface area contributed by atoms with Crippen LogP contribution >= 0.6 is 0 Å². The van der Waals surface area contributed by atoms with Crippen LogP contribution in [0.15, 0.2) is 24.4 Å². The third-order valence-corrected chi connectivity index (χ3v) is 7.32. The van der Waals surface area contributed by atoms with E-state index in [4.69, 9.17) is 0 Å². The average molecular weight is 511 g/mol. The first kappa shape index (κ1) is 24.8. The summed E-state index contributed by atoms with van der Waals surface area (Å²) in [6, 6.07) is 4.28. The molecule has 2 aromatic heterocycles. The highest BCUT2D eigenvalue weighted by molar-refractivity contribution is 6.43. The fourth-order valence-electron chi connectivity index (χ4n) is 5.74. The predicted molar refractivity (Wildman–Crippen MR) is 130 cm³/mol. The number of rotatable bonds is 6. The van der Waals surface area contributed by atoms with E-state index in [-0.39, 0.29) is 24.4 Å². The molecule has 0 spiro atoms. The minimum Gasteiger partial charge on any atom is -0.341 e. The normalized spacial score (nSPS) is 22.6. The molecule has 3 heterocycles. The fraction of sp³-hybridized carbons (Fsp3) is 0.423. The van der Waals surface area contributed by atoms with Crippen LogP contribution in [0.4, 0.5) is 14.5 Å². The van der Waals surface area contributed by atoms with Gasteiger partial charge in [0.25, 0.3) is 17.6 Å². The number of nitrogens with one attached hydrogen (secondary N) is 3. The molecule has 11 heteroatoms. The molecule has 0 atom stereocenters. The number of fused-ring (bicyclic) bond motifs is 1. The first-order valence-corrected chi connectivity index (χ1v) is 12.2. The van der Waals surface area contributed by atoms with Crippen LogP contribution < -0.4 is 10.6 Å².